The molecule has 3 nitrogen and oxygen atoms in total. The summed E-state index contributed by atoms with van der Waals surface area (Å²) in [6, 6.07) is 9.69. The van der Waals surface area contributed by atoms with E-state index in [9.17, 15) is 4.79 Å². The minimum atomic E-state index is 0.249. The van der Waals surface area contributed by atoms with Gasteiger partial charge in [-0.3, -0.25) is 0 Å². The molecule has 0 saturated heterocycles. The summed E-state index contributed by atoms with van der Waals surface area (Å²) in [7, 11) is 2.00. The van der Waals surface area contributed by atoms with Crippen LogP contribution in [0.25, 0.3) is 0 Å². The van der Waals surface area contributed by atoms with Crippen molar-refractivity contribution in [3.05, 3.63) is 29.8 Å². The van der Waals surface area contributed by atoms with Crippen LogP contribution in [0, 0.1) is 11.3 Å². The molecule has 0 atom stereocenters. The summed E-state index contributed by atoms with van der Waals surface area (Å²) in [6.45, 7) is 2.53. The fourth-order valence-corrected chi connectivity index (χ4v) is 1.66. The van der Waals surface area contributed by atoms with E-state index in [0.29, 0.717) is 12.0 Å². The van der Waals surface area contributed by atoms with Gasteiger partial charge in [-0.25, -0.2) is 0 Å². The number of anilines is 1. The largest absolute Gasteiger partial charge is 0.375 e. The van der Waals surface area contributed by atoms with Crippen LogP contribution in [0.15, 0.2) is 24.3 Å². The highest BCUT2D eigenvalue weighted by atomic mass is 16.1. The van der Waals surface area contributed by atoms with Crippen molar-refractivity contribution in [1.82, 2.24) is 0 Å². The van der Waals surface area contributed by atoms with Gasteiger partial charge < -0.3 is 9.69 Å². The van der Waals surface area contributed by atoms with E-state index in [1.54, 1.807) is 13.0 Å². The number of rotatable bonds is 6. The van der Waals surface area contributed by atoms with Gasteiger partial charge in [0, 0.05) is 25.7 Å². The minimum absolute atomic E-state index is 0.249. The van der Waals surface area contributed by atoms with E-state index in [1.165, 1.54) is 0 Å². The van der Waals surface area contributed by atoms with Crippen LogP contribution >= 0.6 is 0 Å². The highest BCUT2D eigenvalue weighted by molar-refractivity contribution is 5.75. The van der Waals surface area contributed by atoms with Gasteiger partial charge in [0.15, 0.2) is 0 Å². The molecule has 1 rings (SSSR count). The molecular formula is C14H18N2O. The Labute approximate surface area is 103 Å². The zero-order chi connectivity index (χ0) is 12.7. The first-order valence-electron chi connectivity index (χ1n) is 5.84. The number of ketones is 1. The van der Waals surface area contributed by atoms with E-state index < -0.39 is 0 Å². The third kappa shape index (κ3) is 4.69. The molecule has 0 aliphatic heterocycles. The standard InChI is InChI=1S/C14H18N2O/c1-12(17)6-3-4-9-16(2)14-8-5-7-13(10-14)11-15/h5,7-8,10H,3-4,6,9H2,1-2H3. The Bertz CT molecular complexity index is 420. The molecule has 0 saturated carbocycles. The average molecular weight is 230 g/mol. The molecule has 1 aromatic rings. The monoisotopic (exact) mass is 230 g/mol. The molecule has 0 aliphatic rings. The van der Waals surface area contributed by atoms with E-state index >= 15 is 0 Å². The van der Waals surface area contributed by atoms with Crippen molar-refractivity contribution >= 4 is 11.5 Å². The van der Waals surface area contributed by atoms with Gasteiger partial charge in [-0.2, -0.15) is 5.26 Å². The number of nitrogens with zero attached hydrogens (tertiary/aromatic N) is 2. The van der Waals surface area contributed by atoms with E-state index in [4.69, 9.17) is 5.26 Å². The third-order valence-corrected chi connectivity index (χ3v) is 2.69. The van der Waals surface area contributed by atoms with E-state index in [-0.39, 0.29) is 5.78 Å². The van der Waals surface area contributed by atoms with Crippen molar-refractivity contribution in [3.8, 4) is 6.07 Å². The maximum absolute atomic E-state index is 10.8. The zero-order valence-corrected chi connectivity index (χ0v) is 10.4. The van der Waals surface area contributed by atoms with Crippen LogP contribution in [-0.4, -0.2) is 19.4 Å². The fraction of sp³-hybridized carbons (Fsp3) is 0.429. The lowest BCUT2D eigenvalue weighted by Crippen LogP contribution is -2.18. The molecule has 0 unspecified atom stereocenters. The first-order valence-corrected chi connectivity index (χ1v) is 5.84. The second-order valence-electron chi connectivity index (χ2n) is 4.24. The fourth-order valence-electron chi connectivity index (χ4n) is 1.66. The summed E-state index contributed by atoms with van der Waals surface area (Å²) in [6.07, 6.45) is 2.58. The van der Waals surface area contributed by atoms with Crippen LogP contribution in [0.4, 0.5) is 5.69 Å². The Morgan fingerprint density at radius 1 is 1.41 bits per heavy atom. The molecule has 0 N–H and O–H groups in total. The molecular weight excluding hydrogens is 212 g/mol. The van der Waals surface area contributed by atoms with Gasteiger partial charge in [-0.05, 0) is 38.0 Å². The topological polar surface area (TPSA) is 44.1 Å². The summed E-state index contributed by atoms with van der Waals surface area (Å²) < 4.78 is 0. The molecule has 0 fully saturated rings. The van der Waals surface area contributed by atoms with Crippen LogP contribution in [0.2, 0.25) is 0 Å². The number of hydrogen-bond donors (Lipinski definition) is 0. The van der Waals surface area contributed by atoms with E-state index in [1.807, 2.05) is 25.2 Å². The summed E-state index contributed by atoms with van der Waals surface area (Å²) in [5, 5.41) is 8.81. The third-order valence-electron chi connectivity index (χ3n) is 2.69. The smallest absolute Gasteiger partial charge is 0.129 e. The molecule has 0 aromatic heterocycles. The Morgan fingerprint density at radius 2 is 2.18 bits per heavy atom. The van der Waals surface area contributed by atoms with Gasteiger partial charge in [0.05, 0.1) is 11.6 Å². The van der Waals surface area contributed by atoms with E-state index in [0.717, 1.165) is 25.1 Å². The summed E-state index contributed by atoms with van der Waals surface area (Å²) >= 11 is 0. The number of Topliss-reactive ketones (excluding diaryl/α,β-unsaturated/α-hetero) is 1. The van der Waals surface area contributed by atoms with Crippen LogP contribution in [0.5, 0.6) is 0 Å². The Hall–Kier alpha value is -1.82. The molecule has 0 aliphatic carbocycles. The Kier molecular flexibility index (Phi) is 5.22. The maximum Gasteiger partial charge on any atom is 0.129 e. The molecule has 17 heavy (non-hydrogen) atoms. The second-order valence-corrected chi connectivity index (χ2v) is 4.24. The lowest BCUT2D eigenvalue weighted by atomic mass is 10.1. The van der Waals surface area contributed by atoms with Crippen molar-refractivity contribution in [3.63, 3.8) is 0 Å². The van der Waals surface area contributed by atoms with Crippen LogP contribution in [-0.2, 0) is 4.79 Å². The summed E-state index contributed by atoms with van der Waals surface area (Å²) in [5.41, 5.74) is 1.73. The van der Waals surface area contributed by atoms with Crippen molar-refractivity contribution in [1.29, 1.82) is 5.26 Å². The number of carbonyl (C=O) groups is 1. The predicted octanol–water partition coefficient (Wildman–Crippen LogP) is 2.75. The predicted molar refractivity (Wildman–Crippen MR) is 69.0 cm³/mol. The highest BCUT2D eigenvalue weighted by Crippen LogP contribution is 2.15. The molecule has 0 spiro atoms. The van der Waals surface area contributed by atoms with Crippen LogP contribution < -0.4 is 4.90 Å². The quantitative estimate of drug-likeness (QED) is 0.706. The van der Waals surface area contributed by atoms with Crippen LogP contribution in [0.3, 0.4) is 0 Å². The minimum Gasteiger partial charge on any atom is -0.375 e. The Balaban J connectivity index is 2.44. The molecule has 0 heterocycles. The van der Waals surface area contributed by atoms with Crippen molar-refractivity contribution in [2.24, 2.45) is 0 Å². The molecule has 0 bridgehead atoms. The van der Waals surface area contributed by atoms with Crippen molar-refractivity contribution in [2.45, 2.75) is 26.2 Å². The summed E-state index contributed by atoms with van der Waals surface area (Å²) in [4.78, 5) is 12.9. The first kappa shape index (κ1) is 13.2. The van der Waals surface area contributed by atoms with Gasteiger partial charge in [0.2, 0.25) is 0 Å². The molecule has 0 radical (unpaired) electrons. The molecule has 0 amide bonds. The maximum atomic E-state index is 10.8. The number of hydrogen-bond acceptors (Lipinski definition) is 3. The van der Waals surface area contributed by atoms with Crippen molar-refractivity contribution in [2.75, 3.05) is 18.5 Å². The van der Waals surface area contributed by atoms with E-state index in [2.05, 4.69) is 11.0 Å². The molecule has 3 heteroatoms. The van der Waals surface area contributed by atoms with Crippen LogP contribution in [0.1, 0.15) is 31.7 Å². The summed E-state index contributed by atoms with van der Waals surface area (Å²) in [5.74, 6) is 0.249. The zero-order valence-electron chi connectivity index (χ0n) is 10.4. The molecule has 1 aromatic carbocycles. The lowest BCUT2D eigenvalue weighted by molar-refractivity contribution is -0.117. The van der Waals surface area contributed by atoms with Crippen molar-refractivity contribution < 1.29 is 4.79 Å². The first-order chi connectivity index (χ1) is 8.13. The lowest BCUT2D eigenvalue weighted by Gasteiger charge is -2.19. The number of carbonyl (C=O) groups excluding carboxylic acids is 1. The number of unbranched alkanes of at least 4 members (excludes halogenated alkanes) is 1. The SMILES string of the molecule is CC(=O)CCCCN(C)c1cccc(C#N)c1. The second kappa shape index (κ2) is 6.70. The van der Waals surface area contributed by atoms with Gasteiger partial charge in [0.1, 0.15) is 5.78 Å². The van der Waals surface area contributed by atoms with Gasteiger partial charge >= 0.3 is 0 Å². The molecule has 90 valence electrons. The van der Waals surface area contributed by atoms with Gasteiger partial charge in [-0.15, -0.1) is 0 Å². The average Bonchev–Trinajstić information content (AvgIpc) is 2.34. The Morgan fingerprint density at radius 3 is 2.82 bits per heavy atom. The number of benzene rings is 1. The van der Waals surface area contributed by atoms with Gasteiger partial charge in [0.25, 0.3) is 0 Å². The van der Waals surface area contributed by atoms with Gasteiger partial charge in [-0.1, -0.05) is 6.07 Å². The highest BCUT2D eigenvalue weighted by Gasteiger charge is 2.02. The number of nitriles is 1. The normalized spacial score (nSPS) is 9.71.